The summed E-state index contributed by atoms with van der Waals surface area (Å²) in [7, 11) is 0. The topological polar surface area (TPSA) is 20.2 Å². The highest BCUT2D eigenvalue weighted by molar-refractivity contribution is 7.94. The van der Waals surface area contributed by atoms with Crippen LogP contribution in [0.4, 0.5) is 43.5 Å². The monoisotopic (exact) mass is 288 g/mol. The maximum atomic E-state index is 12.0. The van der Waals surface area contributed by atoms with Gasteiger partial charge in [-0.25, -0.2) is 9.70 Å². The van der Waals surface area contributed by atoms with Crippen LogP contribution >= 0.6 is 12.1 Å². The van der Waals surface area contributed by atoms with Gasteiger partial charge in [-0.15, -0.1) is 0 Å². The summed E-state index contributed by atoms with van der Waals surface area (Å²) >= 11 is -1.92. The minimum absolute atomic E-state index is 1.92. The van der Waals surface area contributed by atoms with Crippen LogP contribution in [0.25, 0.3) is 0 Å². The van der Waals surface area contributed by atoms with Crippen molar-refractivity contribution < 1.29 is 48.8 Å². The first-order valence-electron chi connectivity index (χ1n) is 2.89. The van der Waals surface area contributed by atoms with E-state index in [0.717, 1.165) is 0 Å². The lowest BCUT2D eigenvalue weighted by molar-refractivity contribution is -0.359. The molecule has 0 aromatic rings. The molecule has 0 amide bonds. The smallest absolute Gasteiger partial charge is 0.226 e. The van der Waals surface area contributed by atoms with E-state index < -0.39 is 35.7 Å². The first-order valence-corrected chi connectivity index (χ1v) is 3.67. The SMILES string of the molecule is FSC(F)C(F)(F)C(F)(F)C(F)(F)F.OF. The molecular weight excluding hydrogens is 286 g/mol. The van der Waals surface area contributed by atoms with E-state index >= 15 is 0 Å². The molecule has 100 valence electrons. The molecule has 0 spiro atoms. The summed E-state index contributed by atoms with van der Waals surface area (Å²) in [6.45, 7) is 0. The maximum absolute atomic E-state index is 12.0. The Labute approximate surface area is 85.6 Å². The van der Waals surface area contributed by atoms with Crippen LogP contribution in [-0.4, -0.2) is 28.8 Å². The normalized spacial score (nSPS) is 15.2. The van der Waals surface area contributed by atoms with E-state index in [0.29, 0.717) is 0 Å². The molecule has 0 heterocycles. The van der Waals surface area contributed by atoms with Crippen molar-refractivity contribution in [2.75, 3.05) is 0 Å². The highest BCUT2D eigenvalue weighted by Crippen LogP contribution is 2.50. The fraction of sp³-hybridized carbons (Fsp3) is 1.00. The Morgan fingerprint density at radius 3 is 1.38 bits per heavy atom. The number of alkyl halides is 8. The van der Waals surface area contributed by atoms with Gasteiger partial charge in [0.25, 0.3) is 0 Å². The second kappa shape index (κ2) is 5.80. The molecule has 0 saturated heterocycles. The zero-order chi connectivity index (χ0) is 13.8. The van der Waals surface area contributed by atoms with Gasteiger partial charge in [-0.1, -0.05) is 4.53 Å². The third kappa shape index (κ3) is 3.30. The standard InChI is InChI=1S/C4HF9S.FHO/c5-1(14-13)2(6,7)3(8,9)4(10,11)12;1-2/h1H;2H. The molecule has 0 radical (unpaired) electrons. The van der Waals surface area contributed by atoms with Crippen molar-refractivity contribution in [1.82, 2.24) is 0 Å². The summed E-state index contributed by atoms with van der Waals surface area (Å²) in [4.78, 5) is 0. The van der Waals surface area contributed by atoms with Crippen molar-refractivity contribution in [3.8, 4) is 0 Å². The van der Waals surface area contributed by atoms with Crippen LogP contribution in [0.5, 0.6) is 0 Å². The zero-order valence-corrected chi connectivity index (χ0v) is 7.53. The van der Waals surface area contributed by atoms with Crippen LogP contribution < -0.4 is 0 Å². The summed E-state index contributed by atoms with van der Waals surface area (Å²) in [6, 6.07) is 0. The Bertz CT molecular complexity index is 201. The molecule has 0 aliphatic rings. The van der Waals surface area contributed by atoms with Gasteiger partial charge >= 0.3 is 18.0 Å². The van der Waals surface area contributed by atoms with Gasteiger partial charge in [-0.05, 0) is 0 Å². The van der Waals surface area contributed by atoms with Gasteiger partial charge in [-0.2, -0.15) is 34.6 Å². The van der Waals surface area contributed by atoms with Crippen molar-refractivity contribution in [2.24, 2.45) is 0 Å². The third-order valence-corrected chi connectivity index (χ3v) is 1.59. The summed E-state index contributed by atoms with van der Waals surface area (Å²) in [5, 5.41) is 5.50. The third-order valence-electron chi connectivity index (χ3n) is 1.14. The number of hydrogen-bond acceptors (Lipinski definition) is 2. The second-order valence-corrected chi connectivity index (χ2v) is 2.69. The van der Waals surface area contributed by atoms with Gasteiger partial charge in [-0.3, -0.25) is 0 Å². The quantitative estimate of drug-likeness (QED) is 0.801. The minimum atomic E-state index is -6.64. The summed E-state index contributed by atoms with van der Waals surface area (Å²) in [5.74, 6) is -12.8. The molecule has 1 nitrogen and oxygen atoms in total. The highest BCUT2D eigenvalue weighted by Gasteiger charge is 2.76. The molecule has 1 N–H and O–H groups in total. The first kappa shape index (κ1) is 18.0. The van der Waals surface area contributed by atoms with Crippen molar-refractivity contribution in [3.63, 3.8) is 0 Å². The highest BCUT2D eigenvalue weighted by atomic mass is 32.2. The molecule has 1 atom stereocenters. The molecule has 0 fully saturated rings. The fourth-order valence-electron chi connectivity index (χ4n) is 0.387. The molecule has 0 aliphatic carbocycles. The Balaban J connectivity index is 0. The van der Waals surface area contributed by atoms with Gasteiger partial charge in [0, 0.05) is 0 Å². The largest absolute Gasteiger partial charge is 0.460 e. The van der Waals surface area contributed by atoms with E-state index in [1.54, 1.807) is 0 Å². The van der Waals surface area contributed by atoms with E-state index in [-0.39, 0.29) is 0 Å². The van der Waals surface area contributed by atoms with Gasteiger partial charge in [0.2, 0.25) is 5.50 Å². The Morgan fingerprint density at radius 1 is 0.875 bits per heavy atom. The molecule has 0 bridgehead atoms. The van der Waals surface area contributed by atoms with Gasteiger partial charge in [0.15, 0.2) is 0 Å². The van der Waals surface area contributed by atoms with Gasteiger partial charge in [0.05, 0.1) is 12.1 Å². The summed E-state index contributed by atoms with van der Waals surface area (Å²) in [5.41, 5.74) is -4.28. The fourth-order valence-corrected chi connectivity index (χ4v) is 0.647. The van der Waals surface area contributed by atoms with Crippen LogP contribution in [0.3, 0.4) is 0 Å². The Hall–Kier alpha value is -0.390. The zero-order valence-electron chi connectivity index (χ0n) is 6.71. The predicted molar refractivity (Wildman–Crippen MR) is 32.9 cm³/mol. The number of hydrogen-bond donors (Lipinski definition) is 1. The Morgan fingerprint density at radius 2 is 1.19 bits per heavy atom. The van der Waals surface area contributed by atoms with Crippen molar-refractivity contribution >= 4 is 12.1 Å². The van der Waals surface area contributed by atoms with Crippen LogP contribution in [0, 0.1) is 0 Å². The van der Waals surface area contributed by atoms with E-state index in [4.69, 9.17) is 9.84 Å². The average molecular weight is 288 g/mol. The van der Waals surface area contributed by atoms with Crippen LogP contribution in [0.1, 0.15) is 0 Å². The van der Waals surface area contributed by atoms with Gasteiger partial charge < -0.3 is 0 Å². The van der Waals surface area contributed by atoms with Gasteiger partial charge in [0.1, 0.15) is 0 Å². The van der Waals surface area contributed by atoms with Crippen molar-refractivity contribution in [3.05, 3.63) is 0 Å². The molecule has 0 saturated carbocycles. The molecule has 1 unspecified atom stereocenters. The van der Waals surface area contributed by atoms with E-state index in [1.807, 2.05) is 0 Å². The molecule has 0 aromatic carbocycles. The van der Waals surface area contributed by atoms with Crippen molar-refractivity contribution in [2.45, 2.75) is 23.5 Å². The lowest BCUT2D eigenvalue weighted by Gasteiger charge is -2.28. The van der Waals surface area contributed by atoms with E-state index in [1.165, 1.54) is 0 Å². The van der Waals surface area contributed by atoms with Crippen LogP contribution in [-0.2, 0) is 0 Å². The Kier molecular flexibility index (Phi) is 6.52. The summed E-state index contributed by atoms with van der Waals surface area (Å²) < 4.78 is 113. The van der Waals surface area contributed by atoms with Crippen LogP contribution in [0.2, 0.25) is 0 Å². The minimum Gasteiger partial charge on any atom is -0.226 e. The second-order valence-electron chi connectivity index (χ2n) is 2.10. The predicted octanol–water partition coefficient (Wildman–Crippen LogP) is 3.60. The van der Waals surface area contributed by atoms with E-state index in [2.05, 4.69) is 0 Å². The average Bonchev–Trinajstić information content (AvgIpc) is 2.17. The first-order chi connectivity index (χ1) is 6.98. The number of rotatable bonds is 3. The number of halogens is 10. The molecule has 12 heteroatoms. The molecule has 16 heavy (non-hydrogen) atoms. The lowest BCUT2D eigenvalue weighted by atomic mass is 10.2. The molecule has 0 aliphatic heterocycles. The molecule has 0 rings (SSSR count). The van der Waals surface area contributed by atoms with Crippen molar-refractivity contribution in [1.29, 1.82) is 0 Å². The van der Waals surface area contributed by atoms with E-state index in [9.17, 15) is 39.0 Å². The lowest BCUT2D eigenvalue weighted by Crippen LogP contribution is -2.55. The van der Waals surface area contributed by atoms with Crippen LogP contribution in [0.15, 0.2) is 0 Å². The molecule has 0 aromatic heterocycles. The summed E-state index contributed by atoms with van der Waals surface area (Å²) in [6.07, 6.45) is -6.64. The molecular formula is C4H2F10OS. The maximum Gasteiger partial charge on any atom is 0.460 e.